The lowest BCUT2D eigenvalue weighted by atomic mass is 9.79. The van der Waals surface area contributed by atoms with Crippen LogP contribution in [0.25, 0.3) is 0 Å². The van der Waals surface area contributed by atoms with Gasteiger partial charge >= 0.3 is 0 Å². The molecule has 0 aliphatic heterocycles. The van der Waals surface area contributed by atoms with E-state index in [0.717, 1.165) is 29.0 Å². The topological polar surface area (TPSA) is 57.4 Å². The van der Waals surface area contributed by atoms with Crippen LogP contribution in [0.15, 0.2) is 40.9 Å². The molecule has 4 rings (SSSR count). The van der Waals surface area contributed by atoms with Gasteiger partial charge in [0.1, 0.15) is 28.9 Å². The number of aromatic nitrogens is 2. The lowest BCUT2D eigenvalue weighted by Crippen LogP contribution is -2.19. The molecular weight excluding hydrogens is 723 g/mol. The van der Waals surface area contributed by atoms with Crippen LogP contribution in [0.2, 0.25) is 0 Å². The van der Waals surface area contributed by atoms with Gasteiger partial charge in [-0.15, -0.1) is 0 Å². The molecule has 0 spiro atoms. The highest BCUT2D eigenvalue weighted by molar-refractivity contribution is 7.05. The van der Waals surface area contributed by atoms with Crippen LogP contribution in [0.3, 0.4) is 0 Å². The Balaban J connectivity index is 0.000000382. The van der Waals surface area contributed by atoms with E-state index >= 15 is 0 Å². The maximum absolute atomic E-state index is 13.7. The molecule has 0 saturated heterocycles. The number of benzene rings is 2. The van der Waals surface area contributed by atoms with Crippen molar-refractivity contribution in [2.24, 2.45) is 0 Å². The van der Waals surface area contributed by atoms with E-state index in [-0.39, 0.29) is 21.7 Å². The molecule has 316 valence electrons. The van der Waals surface area contributed by atoms with E-state index in [1.165, 1.54) is 21.7 Å². The number of hydrogen-bond acceptors (Lipinski definition) is 6. The Labute approximate surface area is 344 Å². The first kappa shape index (κ1) is 50.8. The SMILES string of the molecule is CC(C)(C)c1cc(C(C)(C)C)c(F)cc1F.CC(C)c1cc(C(C)C)on1.CC(C)c1cc(C(C)C)sn1.COc1cc(OC)c(C(C)(C)C)cc1C(C)(C)C. The minimum atomic E-state index is -0.460. The molecule has 0 radical (unpaired) electrons. The molecule has 0 aliphatic carbocycles. The van der Waals surface area contributed by atoms with Crippen molar-refractivity contribution in [3.05, 3.63) is 92.3 Å². The first-order valence-electron chi connectivity index (χ1n) is 20.1. The number of nitrogens with zero attached hydrogens (tertiary/aromatic N) is 2. The second-order valence-corrected chi connectivity index (χ2v) is 20.8. The van der Waals surface area contributed by atoms with Gasteiger partial charge < -0.3 is 14.0 Å². The molecule has 2 aromatic carbocycles. The fourth-order valence-electron chi connectivity index (χ4n) is 5.47. The Kier molecular flexibility index (Phi) is 18.5. The van der Waals surface area contributed by atoms with Crippen molar-refractivity contribution in [1.82, 2.24) is 9.53 Å². The molecule has 2 heterocycles. The highest BCUT2D eigenvalue weighted by atomic mass is 32.1. The fourth-order valence-corrected chi connectivity index (χ4v) is 6.32. The lowest BCUT2D eigenvalue weighted by Gasteiger charge is -2.28. The van der Waals surface area contributed by atoms with E-state index in [0.29, 0.717) is 34.8 Å². The highest BCUT2D eigenvalue weighted by Gasteiger charge is 2.27. The monoisotopic (exact) mass is 799 g/mol. The quantitative estimate of drug-likeness (QED) is 0.194. The molecule has 4 aromatic rings. The Morgan fingerprint density at radius 1 is 0.500 bits per heavy atom. The smallest absolute Gasteiger partial charge is 0.139 e. The molecule has 2 aromatic heterocycles. The highest BCUT2D eigenvalue weighted by Crippen LogP contribution is 2.41. The largest absolute Gasteiger partial charge is 0.496 e. The molecule has 56 heavy (non-hydrogen) atoms. The number of halogens is 2. The second-order valence-electron chi connectivity index (χ2n) is 20.0. The van der Waals surface area contributed by atoms with E-state index < -0.39 is 11.6 Å². The molecule has 0 saturated carbocycles. The van der Waals surface area contributed by atoms with Gasteiger partial charge in [0, 0.05) is 40.1 Å². The summed E-state index contributed by atoms with van der Waals surface area (Å²) in [6.45, 7) is 41.9. The van der Waals surface area contributed by atoms with Crippen LogP contribution >= 0.6 is 11.5 Å². The van der Waals surface area contributed by atoms with Crippen LogP contribution in [-0.4, -0.2) is 23.7 Å². The van der Waals surface area contributed by atoms with E-state index in [1.54, 1.807) is 31.8 Å². The fraction of sp³-hybridized carbons (Fsp3) is 0.625. The van der Waals surface area contributed by atoms with Crippen LogP contribution in [0, 0.1) is 11.6 Å². The Bertz CT molecular complexity index is 1620. The lowest BCUT2D eigenvalue weighted by molar-refractivity contribution is 0.363. The predicted octanol–water partition coefficient (Wildman–Crippen LogP) is 15.2. The number of ether oxygens (including phenoxy) is 2. The summed E-state index contributed by atoms with van der Waals surface area (Å²) in [5.41, 5.74) is 5.35. The molecule has 8 heteroatoms. The van der Waals surface area contributed by atoms with Crippen molar-refractivity contribution in [3.8, 4) is 11.5 Å². The van der Waals surface area contributed by atoms with Gasteiger partial charge in [-0.3, -0.25) is 0 Å². The maximum Gasteiger partial charge on any atom is 0.139 e. The molecule has 0 fully saturated rings. The normalized spacial score (nSPS) is 12.2. The van der Waals surface area contributed by atoms with Gasteiger partial charge in [0.15, 0.2) is 0 Å². The van der Waals surface area contributed by atoms with Gasteiger partial charge in [-0.2, -0.15) is 4.37 Å². The van der Waals surface area contributed by atoms with Crippen LogP contribution in [0.5, 0.6) is 11.5 Å². The molecule has 0 aliphatic rings. The van der Waals surface area contributed by atoms with Gasteiger partial charge in [0.25, 0.3) is 0 Å². The summed E-state index contributed by atoms with van der Waals surface area (Å²) < 4.78 is 47.9. The van der Waals surface area contributed by atoms with E-state index in [1.807, 2.05) is 53.7 Å². The first-order chi connectivity index (χ1) is 25.4. The van der Waals surface area contributed by atoms with Crippen LogP contribution < -0.4 is 9.47 Å². The zero-order valence-electron chi connectivity index (χ0n) is 39.1. The van der Waals surface area contributed by atoms with Gasteiger partial charge in [0.2, 0.25) is 0 Å². The van der Waals surface area contributed by atoms with Crippen molar-refractivity contribution in [3.63, 3.8) is 0 Å². The maximum atomic E-state index is 13.7. The third kappa shape index (κ3) is 15.2. The Morgan fingerprint density at radius 2 is 0.893 bits per heavy atom. The van der Waals surface area contributed by atoms with Crippen molar-refractivity contribution < 1.29 is 22.8 Å². The zero-order valence-corrected chi connectivity index (χ0v) is 39.9. The third-order valence-corrected chi connectivity index (χ3v) is 10.3. The summed E-state index contributed by atoms with van der Waals surface area (Å²) in [7, 11) is 3.42. The molecule has 0 N–H and O–H groups in total. The molecule has 0 unspecified atom stereocenters. The van der Waals surface area contributed by atoms with E-state index in [2.05, 4.69) is 119 Å². The van der Waals surface area contributed by atoms with Crippen molar-refractivity contribution >= 4 is 11.5 Å². The molecule has 0 bridgehead atoms. The molecule has 0 atom stereocenters. The molecular formula is C48H76F2N2O3S. The average molecular weight is 799 g/mol. The number of methoxy groups -OCH3 is 2. The summed E-state index contributed by atoms with van der Waals surface area (Å²) in [4.78, 5) is 1.40. The van der Waals surface area contributed by atoms with Crippen molar-refractivity contribution in [2.75, 3.05) is 14.2 Å². The van der Waals surface area contributed by atoms with Gasteiger partial charge in [-0.25, -0.2) is 8.78 Å². The third-order valence-electron chi connectivity index (χ3n) is 9.22. The summed E-state index contributed by atoms with van der Waals surface area (Å²) >= 11 is 1.64. The minimum absolute atomic E-state index is 0.0532. The number of hydrogen-bond donors (Lipinski definition) is 0. The van der Waals surface area contributed by atoms with Gasteiger partial charge in [0.05, 0.1) is 25.6 Å². The number of rotatable bonds is 6. The van der Waals surface area contributed by atoms with E-state index in [9.17, 15) is 8.78 Å². The summed E-state index contributed by atoms with van der Waals surface area (Å²) in [6, 6.07) is 11.1. The predicted molar refractivity (Wildman–Crippen MR) is 236 cm³/mol. The van der Waals surface area contributed by atoms with Crippen LogP contribution in [0.4, 0.5) is 8.78 Å². The standard InChI is InChI=1S/C16H26O2.C14H20F2.C9H15NO.C9H15NS/c1-15(2,3)11-9-12(16(4,5)6)14(18-8)10-13(11)17-7;1-13(2,3)9-7-10(14(4,5)6)12(16)8-11(9)15;2*1-6(2)8-5-9(7(3)4)11-10-8/h9-10H,1-8H3;7-8H,1-6H3;2*5-7H,1-4H3. The van der Waals surface area contributed by atoms with Gasteiger partial charge in [-0.05, 0) is 80.3 Å². The van der Waals surface area contributed by atoms with E-state index in [4.69, 9.17) is 14.0 Å². The minimum Gasteiger partial charge on any atom is -0.496 e. The van der Waals surface area contributed by atoms with Crippen LogP contribution in [-0.2, 0) is 21.7 Å². The Morgan fingerprint density at radius 3 is 1.14 bits per heavy atom. The Hall–Kier alpha value is -3.26. The molecule has 0 amide bonds. The first-order valence-corrected chi connectivity index (χ1v) is 20.8. The average Bonchev–Trinajstić information content (AvgIpc) is 3.75. The summed E-state index contributed by atoms with van der Waals surface area (Å²) in [5, 5.41) is 3.96. The summed E-state index contributed by atoms with van der Waals surface area (Å²) in [6.07, 6.45) is 0. The van der Waals surface area contributed by atoms with Crippen molar-refractivity contribution in [1.29, 1.82) is 0 Å². The van der Waals surface area contributed by atoms with Crippen LogP contribution in [0.1, 0.15) is 206 Å². The zero-order chi connectivity index (χ0) is 43.7. The van der Waals surface area contributed by atoms with Crippen molar-refractivity contribution in [2.45, 2.75) is 184 Å². The summed E-state index contributed by atoms with van der Waals surface area (Å²) in [5.74, 6) is 3.95. The second kappa shape index (κ2) is 20.4. The van der Waals surface area contributed by atoms with Gasteiger partial charge in [-0.1, -0.05) is 144 Å². The molecule has 5 nitrogen and oxygen atoms in total.